The molecule has 1 aliphatic heterocycles. The lowest BCUT2D eigenvalue weighted by Crippen LogP contribution is -2.52. The van der Waals surface area contributed by atoms with Gasteiger partial charge in [0.2, 0.25) is 15.9 Å². The molecule has 1 amide bonds. The Hall–Kier alpha value is -3.34. The van der Waals surface area contributed by atoms with Crippen LogP contribution in [0.3, 0.4) is 0 Å². The van der Waals surface area contributed by atoms with Gasteiger partial charge < -0.3 is 9.80 Å². The minimum atomic E-state index is -4.06. The fourth-order valence-corrected chi connectivity index (χ4v) is 6.48. The molecular weight excluding hydrogens is 494 g/mol. The Kier molecular flexibility index (Phi) is 6.74. The van der Waals surface area contributed by atoms with Crippen LogP contribution >= 0.6 is 11.7 Å². The predicted octanol–water partition coefficient (Wildman–Crippen LogP) is 3.68. The van der Waals surface area contributed by atoms with Gasteiger partial charge in [-0.05, 0) is 48.7 Å². The lowest BCUT2D eigenvalue weighted by Gasteiger charge is -2.38. The van der Waals surface area contributed by atoms with Gasteiger partial charge in [-0.2, -0.15) is 13.5 Å². The number of hydrogen-bond donors (Lipinski definition) is 1. The molecule has 1 aromatic heterocycles. The molecule has 0 spiro atoms. The molecule has 1 unspecified atom stereocenters. The molecule has 5 rings (SSSR count). The molecule has 0 aliphatic carbocycles. The maximum atomic E-state index is 13.7. The van der Waals surface area contributed by atoms with E-state index in [0.29, 0.717) is 42.8 Å². The molecule has 4 aromatic rings. The topological polar surface area (TPSA) is 95.5 Å². The lowest BCUT2D eigenvalue weighted by molar-refractivity contribution is -0.133. The zero-order valence-electron chi connectivity index (χ0n) is 20.1. The van der Waals surface area contributed by atoms with Gasteiger partial charge in [-0.3, -0.25) is 4.79 Å². The lowest BCUT2D eigenvalue weighted by atomic mass is 10.1. The van der Waals surface area contributed by atoms with Gasteiger partial charge in [0.25, 0.3) is 0 Å². The van der Waals surface area contributed by atoms with E-state index in [9.17, 15) is 13.2 Å². The number of carbonyl (C=O) groups is 1. The number of hydrogen-bond acceptors (Lipinski definition) is 7. The molecule has 3 aromatic carbocycles. The third-order valence-corrected chi connectivity index (χ3v) is 8.49. The first-order valence-electron chi connectivity index (χ1n) is 11.7. The summed E-state index contributed by atoms with van der Waals surface area (Å²) in [6.45, 7) is 6.51. The van der Waals surface area contributed by atoms with E-state index in [-0.39, 0.29) is 10.8 Å². The van der Waals surface area contributed by atoms with Crippen LogP contribution < -0.4 is 9.62 Å². The van der Waals surface area contributed by atoms with E-state index in [4.69, 9.17) is 0 Å². The van der Waals surface area contributed by atoms with E-state index < -0.39 is 16.1 Å². The van der Waals surface area contributed by atoms with Gasteiger partial charge in [-0.15, -0.1) is 0 Å². The Bertz CT molecular complexity index is 1500. The van der Waals surface area contributed by atoms with Crippen molar-refractivity contribution >= 4 is 44.4 Å². The summed E-state index contributed by atoms with van der Waals surface area (Å²) in [7, 11) is -4.06. The van der Waals surface area contributed by atoms with Crippen molar-refractivity contribution in [2.24, 2.45) is 0 Å². The number of piperazine rings is 1. The van der Waals surface area contributed by atoms with Crippen LogP contribution in [0.2, 0.25) is 0 Å². The Morgan fingerprint density at radius 2 is 1.69 bits per heavy atom. The second-order valence-corrected chi connectivity index (χ2v) is 11.2. The van der Waals surface area contributed by atoms with Crippen molar-refractivity contribution in [3.63, 3.8) is 0 Å². The molecule has 36 heavy (non-hydrogen) atoms. The molecule has 1 saturated heterocycles. The van der Waals surface area contributed by atoms with Gasteiger partial charge in [0, 0.05) is 31.9 Å². The molecule has 8 nitrogen and oxygen atoms in total. The first-order valence-corrected chi connectivity index (χ1v) is 13.9. The fourth-order valence-electron chi connectivity index (χ4n) is 4.53. The minimum Gasteiger partial charge on any atom is -0.368 e. The molecule has 1 fully saturated rings. The summed E-state index contributed by atoms with van der Waals surface area (Å²) in [5.74, 6) is -0.269. The smallest absolute Gasteiger partial charge is 0.245 e. The average molecular weight is 522 g/mol. The Balaban J connectivity index is 1.39. The van der Waals surface area contributed by atoms with Crippen LogP contribution in [0.1, 0.15) is 22.7 Å². The van der Waals surface area contributed by atoms with Crippen molar-refractivity contribution in [3.8, 4) is 0 Å². The van der Waals surface area contributed by atoms with E-state index in [0.717, 1.165) is 11.7 Å². The number of aryl methyl sites for hydroxylation is 2. The molecule has 2 heterocycles. The zero-order chi connectivity index (χ0) is 25.3. The van der Waals surface area contributed by atoms with Gasteiger partial charge in [0.05, 0.1) is 11.7 Å². The number of amides is 1. The summed E-state index contributed by atoms with van der Waals surface area (Å²) in [5, 5.41) is 0. The fraction of sp³-hybridized carbons (Fsp3) is 0.269. The molecule has 10 heteroatoms. The quantitative estimate of drug-likeness (QED) is 0.416. The van der Waals surface area contributed by atoms with Gasteiger partial charge >= 0.3 is 0 Å². The summed E-state index contributed by atoms with van der Waals surface area (Å²) in [6, 6.07) is 19.1. The first-order chi connectivity index (χ1) is 17.3. The minimum absolute atomic E-state index is 0.0159. The first kappa shape index (κ1) is 24.4. The van der Waals surface area contributed by atoms with E-state index in [1.807, 2.05) is 6.07 Å². The Morgan fingerprint density at radius 1 is 0.944 bits per heavy atom. The number of nitrogens with zero attached hydrogens (tertiary/aromatic N) is 4. The van der Waals surface area contributed by atoms with Crippen molar-refractivity contribution in [3.05, 3.63) is 83.4 Å². The maximum Gasteiger partial charge on any atom is 0.245 e. The highest BCUT2D eigenvalue weighted by Gasteiger charge is 2.33. The molecule has 0 saturated carbocycles. The number of aromatic nitrogens is 2. The van der Waals surface area contributed by atoms with Crippen LogP contribution in [0.15, 0.2) is 71.6 Å². The Morgan fingerprint density at radius 3 is 2.44 bits per heavy atom. The van der Waals surface area contributed by atoms with Crippen molar-refractivity contribution < 1.29 is 13.2 Å². The van der Waals surface area contributed by atoms with E-state index in [1.165, 1.54) is 22.9 Å². The van der Waals surface area contributed by atoms with Crippen LogP contribution in [0.25, 0.3) is 11.0 Å². The normalized spacial score (nSPS) is 15.3. The van der Waals surface area contributed by atoms with Crippen LogP contribution in [-0.4, -0.2) is 54.2 Å². The van der Waals surface area contributed by atoms with E-state index in [1.54, 1.807) is 41.3 Å². The van der Waals surface area contributed by atoms with E-state index >= 15 is 0 Å². The molecule has 186 valence electrons. The maximum absolute atomic E-state index is 13.7. The molecule has 0 bridgehead atoms. The van der Waals surface area contributed by atoms with Gasteiger partial charge in [-0.1, -0.05) is 48.5 Å². The van der Waals surface area contributed by atoms with Gasteiger partial charge in [0.1, 0.15) is 22.0 Å². The highest BCUT2D eigenvalue weighted by Crippen LogP contribution is 2.27. The summed E-state index contributed by atoms with van der Waals surface area (Å²) < 4.78 is 37.9. The largest absolute Gasteiger partial charge is 0.368 e. The number of rotatable bonds is 6. The van der Waals surface area contributed by atoms with Crippen LogP contribution in [0.4, 0.5) is 5.69 Å². The second-order valence-electron chi connectivity index (χ2n) is 8.96. The average Bonchev–Trinajstić information content (AvgIpc) is 3.38. The van der Waals surface area contributed by atoms with Crippen LogP contribution in [0, 0.1) is 13.8 Å². The van der Waals surface area contributed by atoms with Crippen molar-refractivity contribution in [1.82, 2.24) is 18.4 Å². The number of anilines is 1. The van der Waals surface area contributed by atoms with E-state index in [2.05, 4.69) is 50.4 Å². The molecular formula is C26H27N5O3S2. The summed E-state index contributed by atoms with van der Waals surface area (Å²) in [6.07, 6.45) is 0. The van der Waals surface area contributed by atoms with Crippen molar-refractivity contribution in [2.75, 3.05) is 31.1 Å². The highest BCUT2D eigenvalue weighted by molar-refractivity contribution is 7.89. The molecule has 0 radical (unpaired) electrons. The van der Waals surface area contributed by atoms with Gasteiger partial charge in [0.15, 0.2) is 0 Å². The van der Waals surface area contributed by atoms with Crippen molar-refractivity contribution in [1.29, 1.82) is 0 Å². The number of sulfonamides is 1. The van der Waals surface area contributed by atoms with Crippen molar-refractivity contribution in [2.45, 2.75) is 24.8 Å². The number of nitrogens with one attached hydrogen (secondary N) is 1. The highest BCUT2D eigenvalue weighted by atomic mass is 32.2. The van der Waals surface area contributed by atoms with Gasteiger partial charge in [-0.25, -0.2) is 8.42 Å². The standard InChI is InChI=1S/C26H27N5O3S2/c1-18-11-12-19(2)22(17-18)30-13-15-31(16-14-30)26(32)24(20-7-4-3-5-8-20)29-36(33,34)23-10-6-9-21-25(23)28-35-27-21/h3-12,17,24,29H,13-16H2,1-2H3. The number of carbonyl (C=O) groups excluding carboxylic acids is 1. The SMILES string of the molecule is Cc1ccc(C)c(N2CCN(C(=O)C(NS(=O)(=O)c3cccc4nsnc34)c3ccccc3)CC2)c1. The molecule has 1 N–H and O–H groups in total. The summed E-state index contributed by atoms with van der Waals surface area (Å²) >= 11 is 0.956. The Labute approximate surface area is 214 Å². The number of fused-ring (bicyclic) bond motifs is 1. The van der Waals surface area contributed by atoms with Crippen LogP contribution in [0.5, 0.6) is 0 Å². The third kappa shape index (κ3) is 4.84. The monoisotopic (exact) mass is 521 g/mol. The third-order valence-electron chi connectivity index (χ3n) is 6.49. The zero-order valence-corrected chi connectivity index (χ0v) is 21.7. The summed E-state index contributed by atoms with van der Waals surface area (Å²) in [4.78, 5) is 17.8. The summed E-state index contributed by atoms with van der Waals surface area (Å²) in [5.41, 5.74) is 4.96. The predicted molar refractivity (Wildman–Crippen MR) is 142 cm³/mol. The number of benzene rings is 3. The molecule has 1 aliphatic rings. The molecule has 1 atom stereocenters. The second kappa shape index (κ2) is 9.96. The van der Waals surface area contributed by atoms with Crippen LogP contribution in [-0.2, 0) is 14.8 Å².